The third-order valence-corrected chi connectivity index (χ3v) is 5.10. The summed E-state index contributed by atoms with van der Waals surface area (Å²) in [4.78, 5) is 12.2. The smallest absolute Gasteiger partial charge is 0.238 e. The van der Waals surface area contributed by atoms with E-state index in [0.29, 0.717) is 24.3 Å². The van der Waals surface area contributed by atoms with Gasteiger partial charge in [-0.05, 0) is 48.7 Å². The fourth-order valence-corrected chi connectivity index (χ4v) is 3.20. The molecule has 3 N–H and O–H groups in total. The van der Waals surface area contributed by atoms with Crippen LogP contribution in [0.1, 0.15) is 30.5 Å². The fraction of sp³-hybridized carbons (Fsp3) is 0.278. The molecule has 0 radical (unpaired) electrons. The Bertz CT molecular complexity index is 910. The van der Waals surface area contributed by atoms with Crippen LogP contribution in [0.4, 0.5) is 0 Å². The number of hydrogen-bond donors (Lipinski definition) is 2. The zero-order chi connectivity index (χ0) is 18.7. The van der Waals surface area contributed by atoms with E-state index >= 15 is 0 Å². The molecule has 1 atom stereocenters. The molecule has 3 rings (SSSR count). The number of rotatable bonds is 6. The summed E-state index contributed by atoms with van der Waals surface area (Å²) < 4.78 is 33.1. The molecule has 1 amide bonds. The number of carbonyl (C=O) groups is 1. The second-order valence-corrected chi connectivity index (χ2v) is 7.65. The number of amides is 1. The summed E-state index contributed by atoms with van der Waals surface area (Å²) in [6.07, 6.45) is 0.800. The molecule has 1 heterocycles. The molecule has 1 aliphatic rings. The minimum absolute atomic E-state index is 0.0575. The molecule has 2 aromatic rings. The lowest BCUT2D eigenvalue weighted by Gasteiger charge is -2.15. The van der Waals surface area contributed by atoms with E-state index in [2.05, 4.69) is 5.32 Å². The maximum absolute atomic E-state index is 12.2. The lowest BCUT2D eigenvalue weighted by molar-refractivity contribution is -0.121. The number of aryl methyl sites for hydroxylation is 1. The van der Waals surface area contributed by atoms with Crippen LogP contribution in [0.15, 0.2) is 47.4 Å². The average Bonchev–Trinajstić information content (AvgIpc) is 3.07. The molecule has 0 fully saturated rings. The van der Waals surface area contributed by atoms with E-state index in [-0.39, 0.29) is 23.6 Å². The van der Waals surface area contributed by atoms with Crippen LogP contribution < -0.4 is 19.9 Å². The van der Waals surface area contributed by atoms with E-state index in [1.165, 1.54) is 12.1 Å². The highest BCUT2D eigenvalue weighted by Crippen LogP contribution is 2.34. The van der Waals surface area contributed by atoms with Gasteiger partial charge >= 0.3 is 0 Å². The summed E-state index contributed by atoms with van der Waals surface area (Å²) in [5.74, 6) is 1.29. The largest absolute Gasteiger partial charge is 0.454 e. The quantitative estimate of drug-likeness (QED) is 0.800. The van der Waals surface area contributed by atoms with E-state index < -0.39 is 10.0 Å². The van der Waals surface area contributed by atoms with Crippen molar-refractivity contribution in [3.05, 3.63) is 53.6 Å². The molecular formula is C18H20N2O5S. The summed E-state index contributed by atoms with van der Waals surface area (Å²) in [6.45, 7) is 2.11. The molecule has 7 nitrogen and oxygen atoms in total. The third kappa shape index (κ3) is 4.33. The molecule has 0 aromatic heterocycles. The number of hydrogen-bond acceptors (Lipinski definition) is 5. The molecule has 0 saturated heterocycles. The molecule has 1 aliphatic heterocycles. The van der Waals surface area contributed by atoms with Crippen molar-refractivity contribution in [3.8, 4) is 11.5 Å². The van der Waals surface area contributed by atoms with Gasteiger partial charge in [-0.3, -0.25) is 4.79 Å². The molecule has 138 valence electrons. The highest BCUT2D eigenvalue weighted by molar-refractivity contribution is 7.89. The predicted molar refractivity (Wildman–Crippen MR) is 95.3 cm³/mol. The minimum atomic E-state index is -3.70. The molecule has 26 heavy (non-hydrogen) atoms. The van der Waals surface area contributed by atoms with Crippen molar-refractivity contribution in [1.29, 1.82) is 0 Å². The SMILES string of the molecule is C[C@@H](NC(=O)CCc1ccc(S(N)(=O)=O)cc1)c1ccc2c(c1)OCO2. The summed E-state index contributed by atoms with van der Waals surface area (Å²) >= 11 is 0. The molecule has 0 bridgehead atoms. The maximum Gasteiger partial charge on any atom is 0.238 e. The highest BCUT2D eigenvalue weighted by atomic mass is 32.2. The number of fused-ring (bicyclic) bond motifs is 1. The zero-order valence-corrected chi connectivity index (χ0v) is 15.1. The van der Waals surface area contributed by atoms with Gasteiger partial charge in [0.15, 0.2) is 11.5 Å². The van der Waals surface area contributed by atoms with Gasteiger partial charge in [0.1, 0.15) is 0 Å². The maximum atomic E-state index is 12.2. The highest BCUT2D eigenvalue weighted by Gasteiger charge is 2.17. The van der Waals surface area contributed by atoms with Crippen molar-refractivity contribution in [2.45, 2.75) is 30.7 Å². The van der Waals surface area contributed by atoms with E-state index in [1.54, 1.807) is 12.1 Å². The summed E-state index contributed by atoms with van der Waals surface area (Å²) in [6, 6.07) is 11.6. The van der Waals surface area contributed by atoms with Crippen LogP contribution in [0.25, 0.3) is 0 Å². The molecular weight excluding hydrogens is 356 g/mol. The number of ether oxygens (including phenoxy) is 2. The molecule has 2 aromatic carbocycles. The first kappa shape index (κ1) is 18.2. The summed E-state index contributed by atoms with van der Waals surface area (Å²) in [5.41, 5.74) is 1.79. The van der Waals surface area contributed by atoms with Crippen molar-refractivity contribution in [2.24, 2.45) is 5.14 Å². The van der Waals surface area contributed by atoms with Gasteiger partial charge in [0, 0.05) is 6.42 Å². The standard InChI is InChI=1S/C18H20N2O5S/c1-12(14-5-8-16-17(10-14)25-11-24-16)20-18(21)9-4-13-2-6-15(7-3-13)26(19,22)23/h2-3,5-8,10,12H,4,9,11H2,1H3,(H,20,21)(H2,19,22,23)/t12-/m1/s1. The number of nitrogens with one attached hydrogen (secondary N) is 1. The Morgan fingerprint density at radius 2 is 1.85 bits per heavy atom. The number of carbonyl (C=O) groups excluding carboxylic acids is 1. The van der Waals surface area contributed by atoms with Crippen LogP contribution in [0.3, 0.4) is 0 Å². The Hall–Kier alpha value is -2.58. The van der Waals surface area contributed by atoms with Crippen LogP contribution >= 0.6 is 0 Å². The summed E-state index contributed by atoms with van der Waals surface area (Å²) in [5, 5.41) is 8.01. The summed E-state index contributed by atoms with van der Waals surface area (Å²) in [7, 11) is -3.70. The monoisotopic (exact) mass is 376 g/mol. The van der Waals surface area contributed by atoms with Crippen LogP contribution in [0.5, 0.6) is 11.5 Å². The second kappa shape index (κ2) is 7.35. The number of benzene rings is 2. The van der Waals surface area contributed by atoms with Crippen LogP contribution in [0.2, 0.25) is 0 Å². The lowest BCUT2D eigenvalue weighted by Crippen LogP contribution is -2.26. The van der Waals surface area contributed by atoms with E-state index in [1.807, 2.05) is 25.1 Å². The predicted octanol–water partition coefficient (Wildman–Crippen LogP) is 1.87. The topological polar surface area (TPSA) is 108 Å². The van der Waals surface area contributed by atoms with E-state index in [0.717, 1.165) is 11.1 Å². The molecule has 0 saturated carbocycles. The van der Waals surface area contributed by atoms with Gasteiger partial charge in [0.05, 0.1) is 10.9 Å². The third-order valence-electron chi connectivity index (χ3n) is 4.17. The van der Waals surface area contributed by atoms with Gasteiger partial charge in [-0.2, -0.15) is 0 Å². The van der Waals surface area contributed by atoms with E-state index in [4.69, 9.17) is 14.6 Å². The van der Waals surface area contributed by atoms with Crippen LogP contribution in [0, 0.1) is 0 Å². The van der Waals surface area contributed by atoms with Crippen molar-refractivity contribution < 1.29 is 22.7 Å². The molecule has 0 unspecified atom stereocenters. The zero-order valence-electron chi connectivity index (χ0n) is 14.3. The first-order valence-electron chi connectivity index (χ1n) is 8.13. The van der Waals surface area contributed by atoms with Crippen molar-refractivity contribution >= 4 is 15.9 Å². The Labute approximate surface area is 152 Å². The van der Waals surface area contributed by atoms with Crippen molar-refractivity contribution in [2.75, 3.05) is 6.79 Å². The Balaban J connectivity index is 1.54. The minimum Gasteiger partial charge on any atom is -0.454 e. The van der Waals surface area contributed by atoms with Crippen LogP contribution in [-0.4, -0.2) is 21.1 Å². The normalized spacial score (nSPS) is 14.1. The van der Waals surface area contributed by atoms with E-state index in [9.17, 15) is 13.2 Å². The number of sulfonamides is 1. The Morgan fingerprint density at radius 3 is 2.54 bits per heavy atom. The van der Waals surface area contributed by atoms with Gasteiger partial charge in [-0.25, -0.2) is 13.6 Å². The first-order valence-corrected chi connectivity index (χ1v) is 9.68. The Kier molecular flexibility index (Phi) is 5.15. The molecule has 0 aliphatic carbocycles. The van der Waals surface area contributed by atoms with Crippen LogP contribution in [-0.2, 0) is 21.2 Å². The molecule has 0 spiro atoms. The lowest BCUT2D eigenvalue weighted by atomic mass is 10.1. The van der Waals surface area contributed by atoms with Gasteiger partial charge in [0.25, 0.3) is 0 Å². The Morgan fingerprint density at radius 1 is 1.15 bits per heavy atom. The average molecular weight is 376 g/mol. The number of primary sulfonamides is 1. The first-order chi connectivity index (χ1) is 12.3. The van der Waals surface area contributed by atoms with Gasteiger partial charge in [-0.15, -0.1) is 0 Å². The number of nitrogens with two attached hydrogens (primary N) is 1. The fourth-order valence-electron chi connectivity index (χ4n) is 2.68. The van der Waals surface area contributed by atoms with Gasteiger partial charge in [-0.1, -0.05) is 18.2 Å². The van der Waals surface area contributed by atoms with Crippen molar-refractivity contribution in [3.63, 3.8) is 0 Å². The van der Waals surface area contributed by atoms with Gasteiger partial charge in [0.2, 0.25) is 22.7 Å². The van der Waals surface area contributed by atoms with Crippen molar-refractivity contribution in [1.82, 2.24) is 5.32 Å². The molecule has 8 heteroatoms. The second-order valence-electron chi connectivity index (χ2n) is 6.09. The van der Waals surface area contributed by atoms with Gasteiger partial charge < -0.3 is 14.8 Å².